The zero-order chi connectivity index (χ0) is 14.4. The van der Waals surface area contributed by atoms with Gasteiger partial charge in [0.2, 0.25) is 5.91 Å². The molecule has 5 nitrogen and oxygen atoms in total. The summed E-state index contributed by atoms with van der Waals surface area (Å²) in [4.78, 5) is 14.1. The SMILES string of the molecule is COc1ccc(NC(=O)CN2CCC(CO)CC2)cc1. The first-order valence-corrected chi connectivity index (χ1v) is 6.98. The molecule has 0 atom stereocenters. The molecule has 5 heteroatoms. The van der Waals surface area contributed by atoms with E-state index in [1.165, 1.54) is 0 Å². The largest absolute Gasteiger partial charge is 0.497 e. The highest BCUT2D eigenvalue weighted by Gasteiger charge is 2.20. The molecule has 2 N–H and O–H groups in total. The van der Waals surface area contributed by atoms with Crippen molar-refractivity contribution in [1.29, 1.82) is 0 Å². The van der Waals surface area contributed by atoms with Crippen LogP contribution in [0.15, 0.2) is 24.3 Å². The highest BCUT2D eigenvalue weighted by Crippen LogP contribution is 2.17. The summed E-state index contributed by atoms with van der Waals surface area (Å²) < 4.78 is 5.07. The van der Waals surface area contributed by atoms with Crippen molar-refractivity contribution < 1.29 is 14.6 Å². The van der Waals surface area contributed by atoms with Gasteiger partial charge < -0.3 is 15.2 Å². The second-order valence-corrected chi connectivity index (χ2v) is 5.18. The monoisotopic (exact) mass is 278 g/mol. The molecule has 20 heavy (non-hydrogen) atoms. The van der Waals surface area contributed by atoms with E-state index in [2.05, 4.69) is 10.2 Å². The van der Waals surface area contributed by atoms with E-state index in [9.17, 15) is 4.79 Å². The standard InChI is InChI=1S/C15H22N2O3/c1-20-14-4-2-13(3-5-14)16-15(19)10-17-8-6-12(11-18)7-9-17/h2-5,12,18H,6-11H2,1H3,(H,16,19). The number of aliphatic hydroxyl groups excluding tert-OH is 1. The maximum Gasteiger partial charge on any atom is 0.238 e. The average Bonchev–Trinajstić information content (AvgIpc) is 2.49. The first-order chi connectivity index (χ1) is 9.71. The second-order valence-electron chi connectivity index (χ2n) is 5.18. The van der Waals surface area contributed by atoms with E-state index in [0.29, 0.717) is 12.5 Å². The number of hydrogen-bond donors (Lipinski definition) is 2. The van der Waals surface area contributed by atoms with Crippen LogP contribution in [0.5, 0.6) is 5.75 Å². The Hall–Kier alpha value is -1.59. The third-order valence-electron chi connectivity index (χ3n) is 3.71. The summed E-state index contributed by atoms with van der Waals surface area (Å²) >= 11 is 0. The van der Waals surface area contributed by atoms with Crippen molar-refractivity contribution in [2.45, 2.75) is 12.8 Å². The molecule has 0 saturated carbocycles. The van der Waals surface area contributed by atoms with Gasteiger partial charge in [-0.3, -0.25) is 9.69 Å². The van der Waals surface area contributed by atoms with Crippen molar-refractivity contribution in [3.8, 4) is 5.75 Å². The molecule has 1 fully saturated rings. The first kappa shape index (κ1) is 14.8. The molecule has 0 aliphatic carbocycles. The van der Waals surface area contributed by atoms with Crippen LogP contribution in [0.3, 0.4) is 0 Å². The average molecular weight is 278 g/mol. The Morgan fingerprint density at radius 2 is 2.00 bits per heavy atom. The fourth-order valence-electron chi connectivity index (χ4n) is 2.41. The Kier molecular flexibility index (Phi) is 5.38. The first-order valence-electron chi connectivity index (χ1n) is 6.98. The summed E-state index contributed by atoms with van der Waals surface area (Å²) in [5, 5.41) is 12.0. The van der Waals surface area contributed by atoms with Crippen LogP contribution in [0.25, 0.3) is 0 Å². The lowest BCUT2D eigenvalue weighted by Crippen LogP contribution is -2.39. The van der Waals surface area contributed by atoms with Gasteiger partial charge in [-0.25, -0.2) is 0 Å². The van der Waals surface area contributed by atoms with Crippen molar-refractivity contribution in [3.63, 3.8) is 0 Å². The van der Waals surface area contributed by atoms with Crippen molar-refractivity contribution in [2.75, 3.05) is 38.7 Å². The summed E-state index contributed by atoms with van der Waals surface area (Å²) in [6.07, 6.45) is 1.93. The number of nitrogens with one attached hydrogen (secondary N) is 1. The van der Waals surface area contributed by atoms with Crippen LogP contribution in [0.1, 0.15) is 12.8 Å². The number of carbonyl (C=O) groups is 1. The molecule has 0 radical (unpaired) electrons. The van der Waals surface area contributed by atoms with Gasteiger partial charge in [-0.15, -0.1) is 0 Å². The number of aliphatic hydroxyl groups is 1. The smallest absolute Gasteiger partial charge is 0.238 e. The Morgan fingerprint density at radius 1 is 1.35 bits per heavy atom. The third-order valence-corrected chi connectivity index (χ3v) is 3.71. The van der Waals surface area contributed by atoms with Crippen LogP contribution in [-0.4, -0.2) is 49.3 Å². The van der Waals surface area contributed by atoms with Crippen molar-refractivity contribution in [2.24, 2.45) is 5.92 Å². The van der Waals surface area contributed by atoms with E-state index in [4.69, 9.17) is 9.84 Å². The molecule has 1 amide bonds. The summed E-state index contributed by atoms with van der Waals surface area (Å²) in [5.74, 6) is 1.17. The lowest BCUT2D eigenvalue weighted by molar-refractivity contribution is -0.117. The van der Waals surface area contributed by atoms with Gasteiger partial charge in [-0.2, -0.15) is 0 Å². The Bertz CT molecular complexity index is 425. The fourth-order valence-corrected chi connectivity index (χ4v) is 2.41. The van der Waals surface area contributed by atoms with Crippen molar-refractivity contribution in [3.05, 3.63) is 24.3 Å². The number of nitrogens with zero attached hydrogens (tertiary/aromatic N) is 1. The molecule has 110 valence electrons. The Balaban J connectivity index is 1.77. The van der Waals surface area contributed by atoms with Crippen LogP contribution in [-0.2, 0) is 4.79 Å². The quantitative estimate of drug-likeness (QED) is 0.853. The Morgan fingerprint density at radius 3 is 2.55 bits per heavy atom. The maximum atomic E-state index is 12.0. The minimum absolute atomic E-state index is 0.00221. The minimum Gasteiger partial charge on any atom is -0.497 e. The van der Waals surface area contributed by atoms with E-state index in [1.54, 1.807) is 7.11 Å². The molecule has 0 aromatic heterocycles. The molecule has 1 aliphatic heterocycles. The number of rotatable bonds is 5. The normalized spacial score (nSPS) is 16.9. The van der Waals surface area contributed by atoms with Gasteiger partial charge in [0.1, 0.15) is 5.75 Å². The molecular formula is C15H22N2O3. The van der Waals surface area contributed by atoms with Gasteiger partial charge in [0.05, 0.1) is 13.7 Å². The topological polar surface area (TPSA) is 61.8 Å². The number of benzene rings is 1. The molecule has 2 rings (SSSR count). The number of anilines is 1. The predicted octanol–water partition coefficient (Wildman–Crippen LogP) is 1.34. The van der Waals surface area contributed by atoms with E-state index < -0.39 is 0 Å². The lowest BCUT2D eigenvalue weighted by atomic mass is 9.98. The van der Waals surface area contributed by atoms with E-state index in [0.717, 1.165) is 37.4 Å². The molecule has 0 unspecified atom stereocenters. The number of ether oxygens (including phenoxy) is 1. The van der Waals surface area contributed by atoms with Gasteiger partial charge in [0.15, 0.2) is 0 Å². The van der Waals surface area contributed by atoms with Crippen LogP contribution >= 0.6 is 0 Å². The van der Waals surface area contributed by atoms with Gasteiger partial charge in [0, 0.05) is 12.3 Å². The van der Waals surface area contributed by atoms with Crippen LogP contribution in [0.2, 0.25) is 0 Å². The lowest BCUT2D eigenvalue weighted by Gasteiger charge is -2.30. The molecule has 1 aromatic carbocycles. The van der Waals surface area contributed by atoms with Gasteiger partial charge >= 0.3 is 0 Å². The molecule has 1 saturated heterocycles. The predicted molar refractivity (Wildman–Crippen MR) is 77.9 cm³/mol. The molecule has 1 heterocycles. The molecule has 1 aromatic rings. The van der Waals surface area contributed by atoms with E-state index >= 15 is 0 Å². The zero-order valence-corrected chi connectivity index (χ0v) is 11.8. The Labute approximate surface area is 119 Å². The summed E-state index contributed by atoms with van der Waals surface area (Å²) in [6, 6.07) is 7.30. The third kappa shape index (κ3) is 4.21. The zero-order valence-electron chi connectivity index (χ0n) is 11.8. The van der Waals surface area contributed by atoms with Crippen LogP contribution in [0.4, 0.5) is 5.69 Å². The molecular weight excluding hydrogens is 256 g/mol. The van der Waals surface area contributed by atoms with Crippen LogP contribution in [0, 0.1) is 5.92 Å². The summed E-state index contributed by atoms with van der Waals surface area (Å²) in [5.41, 5.74) is 0.779. The fraction of sp³-hybridized carbons (Fsp3) is 0.533. The summed E-state index contributed by atoms with van der Waals surface area (Å²) in [6.45, 7) is 2.42. The summed E-state index contributed by atoms with van der Waals surface area (Å²) in [7, 11) is 1.61. The van der Waals surface area contributed by atoms with Crippen LogP contribution < -0.4 is 10.1 Å². The highest BCUT2D eigenvalue weighted by molar-refractivity contribution is 5.92. The molecule has 0 spiro atoms. The second kappa shape index (κ2) is 7.26. The van der Waals surface area contributed by atoms with Crippen molar-refractivity contribution >= 4 is 11.6 Å². The highest BCUT2D eigenvalue weighted by atomic mass is 16.5. The minimum atomic E-state index is -0.00221. The van der Waals surface area contributed by atoms with Crippen molar-refractivity contribution in [1.82, 2.24) is 4.90 Å². The molecule has 1 aliphatic rings. The number of methoxy groups -OCH3 is 1. The number of piperidine rings is 1. The number of hydrogen-bond acceptors (Lipinski definition) is 4. The number of likely N-dealkylation sites (tertiary alicyclic amines) is 1. The van der Waals surface area contributed by atoms with Gasteiger partial charge in [-0.1, -0.05) is 0 Å². The number of amides is 1. The van der Waals surface area contributed by atoms with Gasteiger partial charge in [-0.05, 0) is 56.1 Å². The maximum absolute atomic E-state index is 12.0. The van der Waals surface area contributed by atoms with E-state index in [-0.39, 0.29) is 12.5 Å². The van der Waals surface area contributed by atoms with E-state index in [1.807, 2.05) is 24.3 Å². The number of carbonyl (C=O) groups excluding carboxylic acids is 1. The molecule has 0 bridgehead atoms. The van der Waals surface area contributed by atoms with Gasteiger partial charge in [0.25, 0.3) is 0 Å².